The topological polar surface area (TPSA) is 119 Å². The summed E-state index contributed by atoms with van der Waals surface area (Å²) in [5.41, 5.74) is 2.49. The molecule has 6 rings (SSSR count). The van der Waals surface area contributed by atoms with E-state index in [1.807, 2.05) is 48.5 Å². The molecule has 0 radical (unpaired) electrons. The largest absolute Gasteiger partial charge is 0.496 e. The predicted octanol–water partition coefficient (Wildman–Crippen LogP) is 3.75. The van der Waals surface area contributed by atoms with Crippen molar-refractivity contribution < 1.29 is 17.5 Å². The minimum Gasteiger partial charge on any atom is -0.496 e. The van der Waals surface area contributed by atoms with Crippen molar-refractivity contribution in [3.8, 4) is 17.5 Å². The maximum atomic E-state index is 14.0. The smallest absolute Gasteiger partial charge is 0.264 e. The van der Waals surface area contributed by atoms with Gasteiger partial charge in [-0.2, -0.15) is 24.6 Å². The van der Waals surface area contributed by atoms with E-state index in [-0.39, 0.29) is 17.1 Å². The third-order valence-electron chi connectivity index (χ3n) is 7.66. The number of hydrogen-bond acceptors (Lipinski definition) is 7. The fourth-order valence-electron chi connectivity index (χ4n) is 5.64. The Bertz CT molecular complexity index is 1910. The van der Waals surface area contributed by atoms with Gasteiger partial charge in [-0.3, -0.25) is 0 Å². The van der Waals surface area contributed by atoms with E-state index in [0.717, 1.165) is 16.5 Å². The lowest BCUT2D eigenvalue weighted by molar-refractivity contribution is 0.370. The van der Waals surface area contributed by atoms with Gasteiger partial charge in [-0.25, -0.2) is 17.5 Å². The molecule has 1 unspecified atom stereocenters. The minimum atomic E-state index is -3.87. The first-order chi connectivity index (χ1) is 19.7. The number of fused-ring (bicyclic) bond motifs is 1. The van der Waals surface area contributed by atoms with Crippen LogP contribution in [0.25, 0.3) is 16.6 Å². The maximum absolute atomic E-state index is 14.0. The number of nitriles is 1. The van der Waals surface area contributed by atoms with E-state index < -0.39 is 21.3 Å². The highest BCUT2D eigenvalue weighted by molar-refractivity contribution is 7.89. The number of sulfonamides is 1. The first-order valence-electron chi connectivity index (χ1n) is 12.9. The summed E-state index contributed by atoms with van der Waals surface area (Å²) in [5, 5.41) is 22.5. The van der Waals surface area contributed by atoms with Gasteiger partial charge in [-0.05, 0) is 42.7 Å². The van der Waals surface area contributed by atoms with E-state index in [2.05, 4.69) is 15.3 Å². The fourth-order valence-corrected chi connectivity index (χ4v) is 7.05. The summed E-state index contributed by atoms with van der Waals surface area (Å²) in [7, 11) is -0.710. The molecule has 41 heavy (non-hydrogen) atoms. The van der Waals surface area contributed by atoms with Crippen LogP contribution in [0.2, 0.25) is 0 Å². The molecule has 208 valence electrons. The number of nitrogens with zero attached hydrogens (tertiary/aromatic N) is 7. The number of aromatic nitrogens is 5. The molecule has 3 aromatic carbocycles. The molecule has 0 aliphatic carbocycles. The zero-order chi connectivity index (χ0) is 28.8. The lowest BCUT2D eigenvalue weighted by Gasteiger charge is -2.32. The molecule has 0 N–H and O–H groups in total. The van der Waals surface area contributed by atoms with E-state index in [1.54, 1.807) is 31.1 Å². The van der Waals surface area contributed by atoms with Crippen molar-refractivity contribution >= 4 is 20.9 Å². The molecule has 0 spiro atoms. The van der Waals surface area contributed by atoms with Gasteiger partial charge in [-0.1, -0.05) is 30.3 Å². The van der Waals surface area contributed by atoms with Crippen LogP contribution >= 0.6 is 0 Å². The SMILES string of the molecule is COc1cc2c(cnn2-c2ccc(F)c(C#N)c2)cc1C1(Cc2ccccc2)CCN(S(=O)(=O)c2cnn(C)n2)C1. The van der Waals surface area contributed by atoms with Gasteiger partial charge in [0, 0.05) is 42.6 Å². The second-order valence-corrected chi connectivity index (χ2v) is 12.0. The lowest BCUT2D eigenvalue weighted by Crippen LogP contribution is -2.36. The van der Waals surface area contributed by atoms with Crippen LogP contribution in [0.1, 0.15) is 23.1 Å². The van der Waals surface area contributed by atoms with Crippen LogP contribution in [0.15, 0.2) is 78.1 Å². The molecule has 3 heterocycles. The number of benzene rings is 3. The molecular weight excluding hydrogens is 545 g/mol. The van der Waals surface area contributed by atoms with Crippen molar-refractivity contribution in [3.05, 3.63) is 95.6 Å². The highest BCUT2D eigenvalue weighted by Crippen LogP contribution is 2.45. The fraction of sp³-hybridized carbons (Fsp3) is 0.241. The molecule has 1 aliphatic rings. The normalized spacial score (nSPS) is 17.6. The van der Waals surface area contributed by atoms with E-state index in [1.165, 1.54) is 27.4 Å². The first-order valence-corrected chi connectivity index (χ1v) is 14.3. The number of rotatable bonds is 7. The Morgan fingerprint density at radius 2 is 1.90 bits per heavy atom. The molecule has 1 fully saturated rings. The average Bonchev–Trinajstić information content (AvgIpc) is 3.72. The van der Waals surface area contributed by atoms with Crippen molar-refractivity contribution in [3.63, 3.8) is 0 Å². The van der Waals surface area contributed by atoms with E-state index in [9.17, 15) is 18.1 Å². The van der Waals surface area contributed by atoms with Crippen LogP contribution in [0.4, 0.5) is 4.39 Å². The van der Waals surface area contributed by atoms with Gasteiger partial charge in [-0.15, -0.1) is 5.10 Å². The summed E-state index contributed by atoms with van der Waals surface area (Å²) in [6.45, 7) is 0.527. The highest BCUT2D eigenvalue weighted by atomic mass is 32.2. The average molecular weight is 572 g/mol. The zero-order valence-electron chi connectivity index (χ0n) is 22.4. The molecule has 10 nitrogen and oxygen atoms in total. The number of hydrogen-bond donors (Lipinski definition) is 0. The van der Waals surface area contributed by atoms with Crippen LogP contribution in [-0.4, -0.2) is 57.7 Å². The van der Waals surface area contributed by atoms with Crippen molar-refractivity contribution in [2.24, 2.45) is 7.05 Å². The summed E-state index contributed by atoms with van der Waals surface area (Å²) in [5.74, 6) is -0.0193. The number of halogens is 1. The standard InChI is InChI=1S/C29H26FN7O3S/c1-35-32-18-28(34-35)41(38,39)36-11-10-29(19-36,15-20-6-4-3-5-7-20)24-13-22-17-33-37(26(22)14-27(24)40-2)23-8-9-25(30)21(12-23)16-31/h3-9,12-14,17-18H,10-11,15,19H2,1-2H3. The van der Waals surface area contributed by atoms with Gasteiger partial charge in [0.15, 0.2) is 0 Å². The first kappa shape index (κ1) is 26.6. The van der Waals surface area contributed by atoms with Crippen molar-refractivity contribution in [2.45, 2.75) is 23.3 Å². The summed E-state index contributed by atoms with van der Waals surface area (Å²) in [6.07, 6.45) is 4.11. The van der Waals surface area contributed by atoms with E-state index in [4.69, 9.17) is 4.74 Å². The summed E-state index contributed by atoms with van der Waals surface area (Å²) >= 11 is 0. The molecule has 0 bridgehead atoms. The summed E-state index contributed by atoms with van der Waals surface area (Å²) in [6, 6.07) is 19.9. The summed E-state index contributed by atoms with van der Waals surface area (Å²) in [4.78, 5) is 1.23. The Morgan fingerprint density at radius 1 is 1.10 bits per heavy atom. The Morgan fingerprint density at radius 3 is 2.61 bits per heavy atom. The third-order valence-corrected chi connectivity index (χ3v) is 9.37. The zero-order valence-corrected chi connectivity index (χ0v) is 23.2. The van der Waals surface area contributed by atoms with Crippen molar-refractivity contribution in [2.75, 3.05) is 20.2 Å². The van der Waals surface area contributed by atoms with Gasteiger partial charge in [0.2, 0.25) is 5.03 Å². The highest BCUT2D eigenvalue weighted by Gasteiger charge is 2.46. The van der Waals surface area contributed by atoms with Crippen LogP contribution < -0.4 is 4.74 Å². The molecule has 2 aromatic heterocycles. The van der Waals surface area contributed by atoms with Gasteiger partial charge in [0.05, 0.1) is 36.3 Å². The van der Waals surface area contributed by atoms with Crippen LogP contribution in [-0.2, 0) is 28.9 Å². The molecule has 0 amide bonds. The molecule has 1 saturated heterocycles. The molecule has 1 aliphatic heterocycles. The Kier molecular flexibility index (Phi) is 6.56. The van der Waals surface area contributed by atoms with E-state index >= 15 is 0 Å². The maximum Gasteiger partial charge on any atom is 0.264 e. The third kappa shape index (κ3) is 4.63. The predicted molar refractivity (Wildman–Crippen MR) is 148 cm³/mol. The van der Waals surface area contributed by atoms with Crippen LogP contribution in [0, 0.1) is 17.1 Å². The van der Waals surface area contributed by atoms with Crippen LogP contribution in [0.5, 0.6) is 5.75 Å². The Labute approximate surface area is 236 Å². The monoisotopic (exact) mass is 571 g/mol. The van der Waals surface area contributed by atoms with Gasteiger partial charge < -0.3 is 4.74 Å². The number of ether oxygens (including phenoxy) is 1. The van der Waals surface area contributed by atoms with Gasteiger partial charge in [0.1, 0.15) is 17.6 Å². The lowest BCUT2D eigenvalue weighted by atomic mass is 9.74. The Hall–Kier alpha value is -4.60. The van der Waals surface area contributed by atoms with Crippen molar-refractivity contribution in [1.82, 2.24) is 29.1 Å². The van der Waals surface area contributed by atoms with E-state index in [0.29, 0.717) is 36.3 Å². The molecule has 1 atom stereocenters. The number of aryl methyl sites for hydroxylation is 1. The molecular formula is C29H26FN7O3S. The number of methoxy groups -OCH3 is 1. The second kappa shape index (κ2) is 10.1. The Balaban J connectivity index is 1.47. The quantitative estimate of drug-likeness (QED) is 0.292. The van der Waals surface area contributed by atoms with Crippen LogP contribution in [0.3, 0.4) is 0 Å². The minimum absolute atomic E-state index is 0.0769. The van der Waals surface area contributed by atoms with Crippen molar-refractivity contribution in [1.29, 1.82) is 5.26 Å². The van der Waals surface area contributed by atoms with Gasteiger partial charge in [0.25, 0.3) is 10.0 Å². The molecule has 12 heteroatoms. The second-order valence-electron chi connectivity index (χ2n) is 10.1. The molecule has 0 saturated carbocycles. The van der Waals surface area contributed by atoms with Gasteiger partial charge >= 0.3 is 0 Å². The summed E-state index contributed by atoms with van der Waals surface area (Å²) < 4.78 is 50.1. The molecule has 5 aromatic rings.